The van der Waals surface area contributed by atoms with Crippen molar-refractivity contribution >= 4 is 15.7 Å². The van der Waals surface area contributed by atoms with Crippen LogP contribution >= 0.6 is 0 Å². The van der Waals surface area contributed by atoms with Gasteiger partial charge in [-0.1, -0.05) is 17.2 Å². The normalized spacial score (nSPS) is 12.6. The maximum Gasteiger partial charge on any atom is 0.229 e. The number of sulfonamides is 1. The lowest BCUT2D eigenvalue weighted by Gasteiger charge is -2.09. The molecule has 0 aliphatic heterocycles. The molecule has 17 heavy (non-hydrogen) atoms. The topological polar surface area (TPSA) is 115 Å². The molecule has 0 spiro atoms. The van der Waals surface area contributed by atoms with Crippen LogP contribution in [0.15, 0.2) is 29.4 Å². The predicted octanol–water partition coefficient (Wildman–Crippen LogP) is 1.40. The average Bonchev–Trinajstić information content (AvgIpc) is 2.24. The van der Waals surface area contributed by atoms with E-state index in [1.54, 1.807) is 12.1 Å². The van der Waals surface area contributed by atoms with Crippen LogP contribution in [0.1, 0.15) is 11.7 Å². The molecule has 0 unspecified atom stereocenters. The predicted molar refractivity (Wildman–Crippen MR) is 63.9 cm³/mol. The van der Waals surface area contributed by atoms with Gasteiger partial charge >= 0.3 is 0 Å². The van der Waals surface area contributed by atoms with Gasteiger partial charge in [0, 0.05) is 10.6 Å². The van der Waals surface area contributed by atoms with Crippen LogP contribution < -0.4 is 4.72 Å². The third-order valence-electron chi connectivity index (χ3n) is 1.92. The average molecular weight is 256 g/mol. The molecule has 0 saturated carbocycles. The Morgan fingerprint density at radius 1 is 1.47 bits per heavy atom. The monoisotopic (exact) mass is 256 g/mol. The van der Waals surface area contributed by atoms with E-state index in [0.29, 0.717) is 11.3 Å². The lowest BCUT2D eigenvalue weighted by molar-refractivity contribution is 0.187. The van der Waals surface area contributed by atoms with E-state index in [-0.39, 0.29) is 6.54 Å². The van der Waals surface area contributed by atoms with Crippen LogP contribution in [0, 0.1) is 0 Å². The van der Waals surface area contributed by atoms with Crippen molar-refractivity contribution in [3.05, 3.63) is 40.3 Å². The SMILES string of the molecule is CS(=O)(=O)Nc1ccc([C@@H](O)CN=[N+]=[N-])cc1. The molecule has 0 heterocycles. The van der Waals surface area contributed by atoms with Crippen LogP contribution in [-0.2, 0) is 10.0 Å². The molecule has 92 valence electrons. The summed E-state index contributed by atoms with van der Waals surface area (Å²) < 4.78 is 24.2. The van der Waals surface area contributed by atoms with Gasteiger partial charge in [0.05, 0.1) is 18.9 Å². The number of azide groups is 1. The summed E-state index contributed by atoms with van der Waals surface area (Å²) in [4.78, 5) is 2.54. The van der Waals surface area contributed by atoms with Crippen molar-refractivity contribution in [3.8, 4) is 0 Å². The number of anilines is 1. The van der Waals surface area contributed by atoms with E-state index < -0.39 is 16.1 Å². The first-order chi connectivity index (χ1) is 7.92. The largest absolute Gasteiger partial charge is 0.388 e. The zero-order valence-corrected chi connectivity index (χ0v) is 9.92. The molecule has 0 aliphatic rings. The van der Waals surface area contributed by atoms with E-state index >= 15 is 0 Å². The van der Waals surface area contributed by atoms with Gasteiger partial charge in [-0.2, -0.15) is 0 Å². The summed E-state index contributed by atoms with van der Waals surface area (Å²) in [5.74, 6) is 0. The summed E-state index contributed by atoms with van der Waals surface area (Å²) in [6.07, 6.45) is 0.162. The number of aliphatic hydroxyl groups excluding tert-OH is 1. The van der Waals surface area contributed by atoms with Gasteiger partial charge in [-0.05, 0) is 23.2 Å². The summed E-state index contributed by atoms with van der Waals surface area (Å²) >= 11 is 0. The molecule has 0 amide bonds. The van der Waals surface area contributed by atoms with Gasteiger partial charge < -0.3 is 5.11 Å². The highest BCUT2D eigenvalue weighted by Gasteiger charge is 2.07. The minimum absolute atomic E-state index is 0.0602. The van der Waals surface area contributed by atoms with Gasteiger partial charge in [0.25, 0.3) is 0 Å². The van der Waals surface area contributed by atoms with E-state index in [4.69, 9.17) is 5.53 Å². The molecule has 8 heteroatoms. The Labute approximate surface area is 98.8 Å². The van der Waals surface area contributed by atoms with Crippen LogP contribution in [-0.4, -0.2) is 26.3 Å². The fourth-order valence-corrected chi connectivity index (χ4v) is 1.77. The van der Waals surface area contributed by atoms with E-state index in [0.717, 1.165) is 6.26 Å². The Bertz CT molecular complexity index is 520. The zero-order valence-electron chi connectivity index (χ0n) is 9.11. The van der Waals surface area contributed by atoms with Gasteiger partial charge in [0.15, 0.2) is 0 Å². The molecule has 2 N–H and O–H groups in total. The summed E-state index contributed by atoms with van der Waals surface area (Å²) in [6.45, 7) is -0.0602. The summed E-state index contributed by atoms with van der Waals surface area (Å²) in [6, 6.07) is 6.17. The van der Waals surface area contributed by atoms with Crippen molar-refractivity contribution in [3.63, 3.8) is 0 Å². The zero-order chi connectivity index (χ0) is 12.9. The molecule has 0 aromatic heterocycles. The second-order valence-corrected chi connectivity index (χ2v) is 5.17. The Hall–Kier alpha value is -1.76. The minimum Gasteiger partial charge on any atom is -0.388 e. The third-order valence-corrected chi connectivity index (χ3v) is 2.52. The molecule has 0 bridgehead atoms. The molecule has 1 rings (SSSR count). The molecule has 1 aromatic rings. The highest BCUT2D eigenvalue weighted by Crippen LogP contribution is 2.17. The minimum atomic E-state index is -3.30. The molecular formula is C9H12N4O3S. The lowest BCUT2D eigenvalue weighted by atomic mass is 10.1. The van der Waals surface area contributed by atoms with Crippen LogP contribution in [0.25, 0.3) is 10.4 Å². The molecule has 0 radical (unpaired) electrons. The number of hydrogen-bond donors (Lipinski definition) is 2. The standard InChI is InChI=1S/C9H12N4O3S/c1-17(15,16)12-8-4-2-7(3-5-8)9(14)6-11-13-10/h2-5,9,12,14H,6H2,1H3/t9-/m0/s1. The second-order valence-electron chi connectivity index (χ2n) is 3.43. The molecule has 0 aliphatic carbocycles. The van der Waals surface area contributed by atoms with Gasteiger partial charge in [-0.3, -0.25) is 4.72 Å². The first kappa shape index (κ1) is 13.3. The lowest BCUT2D eigenvalue weighted by Crippen LogP contribution is -2.09. The van der Waals surface area contributed by atoms with E-state index in [9.17, 15) is 13.5 Å². The Balaban J connectivity index is 2.77. The van der Waals surface area contributed by atoms with Crippen molar-refractivity contribution < 1.29 is 13.5 Å². The van der Waals surface area contributed by atoms with E-state index in [2.05, 4.69) is 14.7 Å². The number of benzene rings is 1. The van der Waals surface area contributed by atoms with Gasteiger partial charge in [-0.25, -0.2) is 8.42 Å². The van der Waals surface area contributed by atoms with E-state index in [1.165, 1.54) is 12.1 Å². The smallest absolute Gasteiger partial charge is 0.229 e. The maximum atomic E-state index is 10.9. The number of hydrogen-bond acceptors (Lipinski definition) is 4. The van der Waals surface area contributed by atoms with Gasteiger partial charge in [0.2, 0.25) is 10.0 Å². The van der Waals surface area contributed by atoms with Crippen LogP contribution in [0.3, 0.4) is 0 Å². The molecule has 1 atom stereocenters. The quantitative estimate of drug-likeness (QED) is 0.471. The van der Waals surface area contributed by atoms with Crippen molar-refractivity contribution in [1.82, 2.24) is 0 Å². The molecule has 1 aromatic carbocycles. The third kappa shape index (κ3) is 4.73. The fourth-order valence-electron chi connectivity index (χ4n) is 1.21. The maximum absolute atomic E-state index is 10.9. The highest BCUT2D eigenvalue weighted by atomic mass is 32.2. The second kappa shape index (κ2) is 5.53. The number of rotatable bonds is 5. The van der Waals surface area contributed by atoms with E-state index in [1.807, 2.05) is 0 Å². The molecular weight excluding hydrogens is 244 g/mol. The summed E-state index contributed by atoms with van der Waals surface area (Å²) in [7, 11) is -3.30. The van der Waals surface area contributed by atoms with Crippen molar-refractivity contribution in [1.29, 1.82) is 0 Å². The van der Waals surface area contributed by atoms with Crippen molar-refractivity contribution in [2.75, 3.05) is 17.5 Å². The number of aliphatic hydroxyl groups is 1. The Morgan fingerprint density at radius 3 is 2.53 bits per heavy atom. The van der Waals surface area contributed by atoms with Gasteiger partial charge in [0.1, 0.15) is 0 Å². The first-order valence-corrected chi connectivity index (χ1v) is 6.58. The van der Waals surface area contributed by atoms with Crippen molar-refractivity contribution in [2.45, 2.75) is 6.10 Å². The summed E-state index contributed by atoms with van der Waals surface area (Å²) in [5.41, 5.74) is 9.07. The van der Waals surface area contributed by atoms with Gasteiger partial charge in [-0.15, -0.1) is 0 Å². The Morgan fingerprint density at radius 2 is 2.06 bits per heavy atom. The first-order valence-electron chi connectivity index (χ1n) is 4.69. The highest BCUT2D eigenvalue weighted by molar-refractivity contribution is 7.92. The van der Waals surface area contributed by atoms with Crippen LogP contribution in [0.4, 0.5) is 5.69 Å². The summed E-state index contributed by atoms with van der Waals surface area (Å²) in [5, 5.41) is 12.8. The molecule has 7 nitrogen and oxygen atoms in total. The Kier molecular flexibility index (Phi) is 4.33. The van der Waals surface area contributed by atoms with Crippen LogP contribution in [0.5, 0.6) is 0 Å². The molecule has 0 saturated heterocycles. The van der Waals surface area contributed by atoms with Crippen LogP contribution in [0.2, 0.25) is 0 Å². The molecule has 0 fully saturated rings. The van der Waals surface area contributed by atoms with Crippen molar-refractivity contribution in [2.24, 2.45) is 5.11 Å². The number of nitrogens with zero attached hydrogens (tertiary/aromatic N) is 3. The number of nitrogens with one attached hydrogen (secondary N) is 1. The fraction of sp³-hybridized carbons (Fsp3) is 0.333.